The molecule has 0 spiro atoms. The SMILES string of the molecule is CSCCC(NC(=O)C(CC(C)C)NC(=O)C(CCC(=O)O)NC(=O)C(N)Cc1cnc[nH]1)C(=O)O. The number of amides is 3. The molecule has 0 saturated heterocycles. The van der Waals surface area contributed by atoms with Gasteiger partial charge in [0.1, 0.15) is 18.1 Å². The first kappa shape index (κ1) is 30.9. The molecule has 1 heterocycles. The molecule has 4 unspecified atom stereocenters. The summed E-state index contributed by atoms with van der Waals surface area (Å²) in [6.45, 7) is 3.65. The number of aliphatic carboxylic acids is 2. The summed E-state index contributed by atoms with van der Waals surface area (Å²) >= 11 is 1.44. The molecule has 14 heteroatoms. The van der Waals surface area contributed by atoms with Crippen molar-refractivity contribution in [1.82, 2.24) is 25.9 Å². The van der Waals surface area contributed by atoms with Gasteiger partial charge < -0.3 is 36.9 Å². The Morgan fingerprint density at radius 2 is 1.61 bits per heavy atom. The van der Waals surface area contributed by atoms with Gasteiger partial charge in [0.2, 0.25) is 17.7 Å². The number of nitrogens with two attached hydrogens (primary N) is 1. The second kappa shape index (κ2) is 15.8. The molecule has 1 aromatic heterocycles. The summed E-state index contributed by atoms with van der Waals surface area (Å²) in [6, 6.07) is -4.51. The number of hydrogen-bond acceptors (Lipinski definition) is 8. The van der Waals surface area contributed by atoms with Gasteiger partial charge in [-0.15, -0.1) is 0 Å². The third-order valence-electron chi connectivity index (χ3n) is 5.18. The Morgan fingerprint density at radius 3 is 2.14 bits per heavy atom. The van der Waals surface area contributed by atoms with Crippen molar-refractivity contribution in [2.75, 3.05) is 12.0 Å². The average Bonchev–Trinajstić information content (AvgIpc) is 3.30. The number of nitrogens with zero attached hydrogens (tertiary/aromatic N) is 1. The zero-order chi connectivity index (χ0) is 27.3. The maximum absolute atomic E-state index is 13.0. The highest BCUT2D eigenvalue weighted by atomic mass is 32.2. The third-order valence-corrected chi connectivity index (χ3v) is 5.82. The molecule has 0 bridgehead atoms. The first-order valence-corrected chi connectivity index (χ1v) is 12.9. The second-order valence-corrected chi connectivity index (χ2v) is 9.74. The number of rotatable bonds is 17. The molecule has 13 nitrogen and oxygen atoms in total. The topological polar surface area (TPSA) is 217 Å². The van der Waals surface area contributed by atoms with Crippen LogP contribution in [0.25, 0.3) is 0 Å². The molecule has 202 valence electrons. The van der Waals surface area contributed by atoms with Crippen LogP contribution in [0.5, 0.6) is 0 Å². The Labute approximate surface area is 213 Å². The van der Waals surface area contributed by atoms with E-state index in [9.17, 15) is 29.1 Å². The van der Waals surface area contributed by atoms with Crippen molar-refractivity contribution in [3.8, 4) is 0 Å². The van der Waals surface area contributed by atoms with E-state index in [0.717, 1.165) is 0 Å². The molecule has 4 atom stereocenters. The fourth-order valence-corrected chi connectivity index (χ4v) is 3.75. The summed E-state index contributed by atoms with van der Waals surface area (Å²) in [5.74, 6) is -4.00. The van der Waals surface area contributed by atoms with Crippen LogP contribution in [0.1, 0.15) is 45.2 Å². The van der Waals surface area contributed by atoms with Crippen LogP contribution in [0, 0.1) is 5.92 Å². The Hall–Kier alpha value is -3.13. The van der Waals surface area contributed by atoms with E-state index in [1.165, 1.54) is 24.3 Å². The lowest BCUT2D eigenvalue weighted by Gasteiger charge is -2.26. The van der Waals surface area contributed by atoms with E-state index >= 15 is 0 Å². The number of H-pyrrole nitrogens is 1. The smallest absolute Gasteiger partial charge is 0.326 e. The van der Waals surface area contributed by atoms with Gasteiger partial charge in [0.15, 0.2) is 0 Å². The minimum Gasteiger partial charge on any atom is -0.481 e. The first-order chi connectivity index (χ1) is 16.9. The van der Waals surface area contributed by atoms with Gasteiger partial charge in [-0.25, -0.2) is 9.78 Å². The number of thioether (sulfide) groups is 1. The number of carboxylic acid groups (broad SMARTS) is 2. The predicted molar refractivity (Wildman–Crippen MR) is 133 cm³/mol. The standard InChI is InChI=1S/C22H36N6O7S/c1-12(2)8-17(21(33)27-16(22(34)35)6-7-36-3)28-20(32)15(4-5-18(29)30)26-19(31)14(23)9-13-10-24-11-25-13/h10-12,14-17H,4-9,23H2,1-3H3,(H,24,25)(H,26,31)(H,27,33)(H,28,32)(H,29,30)(H,34,35). The maximum Gasteiger partial charge on any atom is 0.326 e. The molecule has 36 heavy (non-hydrogen) atoms. The zero-order valence-corrected chi connectivity index (χ0v) is 21.5. The number of carbonyl (C=O) groups excluding carboxylic acids is 3. The second-order valence-electron chi connectivity index (χ2n) is 8.75. The van der Waals surface area contributed by atoms with Gasteiger partial charge in [0.25, 0.3) is 0 Å². The van der Waals surface area contributed by atoms with Gasteiger partial charge in [0.05, 0.1) is 12.4 Å². The lowest BCUT2D eigenvalue weighted by molar-refractivity contribution is -0.142. The maximum atomic E-state index is 13.0. The molecule has 0 aliphatic heterocycles. The normalized spacial score (nSPS) is 14.4. The Morgan fingerprint density at radius 1 is 1.00 bits per heavy atom. The summed E-state index contributed by atoms with van der Waals surface area (Å²) in [7, 11) is 0. The number of imidazole rings is 1. The highest BCUT2D eigenvalue weighted by Gasteiger charge is 2.31. The van der Waals surface area contributed by atoms with Crippen molar-refractivity contribution in [3.63, 3.8) is 0 Å². The van der Waals surface area contributed by atoms with Crippen LogP contribution in [-0.4, -0.2) is 86.0 Å². The van der Waals surface area contributed by atoms with Gasteiger partial charge in [-0.1, -0.05) is 13.8 Å². The van der Waals surface area contributed by atoms with Crippen molar-refractivity contribution in [3.05, 3.63) is 18.2 Å². The number of carboxylic acids is 2. The van der Waals surface area contributed by atoms with E-state index in [1.54, 1.807) is 0 Å². The highest BCUT2D eigenvalue weighted by molar-refractivity contribution is 7.98. The van der Waals surface area contributed by atoms with Crippen LogP contribution in [-0.2, 0) is 30.4 Å². The minimum absolute atomic E-state index is 0.0367. The van der Waals surface area contributed by atoms with Crippen LogP contribution in [0.2, 0.25) is 0 Å². The Kier molecular flexibility index (Phi) is 13.5. The van der Waals surface area contributed by atoms with E-state index in [4.69, 9.17) is 10.8 Å². The quantitative estimate of drug-likeness (QED) is 0.137. The highest BCUT2D eigenvalue weighted by Crippen LogP contribution is 2.09. The van der Waals surface area contributed by atoms with Crippen molar-refractivity contribution >= 4 is 41.4 Å². The zero-order valence-electron chi connectivity index (χ0n) is 20.7. The van der Waals surface area contributed by atoms with Crippen LogP contribution in [0.15, 0.2) is 12.5 Å². The molecule has 3 amide bonds. The molecule has 0 aliphatic rings. The summed E-state index contributed by atoms with van der Waals surface area (Å²) in [5, 5.41) is 26.0. The summed E-state index contributed by atoms with van der Waals surface area (Å²) in [5.41, 5.74) is 6.53. The number of nitrogens with one attached hydrogen (secondary N) is 4. The fourth-order valence-electron chi connectivity index (χ4n) is 3.28. The first-order valence-electron chi connectivity index (χ1n) is 11.5. The van der Waals surface area contributed by atoms with Crippen molar-refractivity contribution < 1.29 is 34.2 Å². The van der Waals surface area contributed by atoms with E-state index in [-0.39, 0.29) is 31.6 Å². The molecule has 0 fully saturated rings. The van der Waals surface area contributed by atoms with Crippen molar-refractivity contribution in [1.29, 1.82) is 0 Å². The van der Waals surface area contributed by atoms with E-state index in [0.29, 0.717) is 11.4 Å². The van der Waals surface area contributed by atoms with Gasteiger partial charge in [0, 0.05) is 24.7 Å². The molecule has 0 aromatic carbocycles. The minimum atomic E-state index is -1.27. The summed E-state index contributed by atoms with van der Waals surface area (Å²) in [6.07, 6.45) is 4.62. The molecule has 1 aromatic rings. The van der Waals surface area contributed by atoms with E-state index in [1.807, 2.05) is 20.1 Å². The van der Waals surface area contributed by atoms with Gasteiger partial charge in [-0.3, -0.25) is 19.2 Å². The van der Waals surface area contributed by atoms with Crippen LogP contribution >= 0.6 is 11.8 Å². The molecular weight excluding hydrogens is 492 g/mol. The predicted octanol–water partition coefficient (Wildman–Crippen LogP) is -0.517. The Balaban J connectivity index is 2.96. The average molecular weight is 529 g/mol. The van der Waals surface area contributed by atoms with Crippen LogP contribution < -0.4 is 21.7 Å². The van der Waals surface area contributed by atoms with Gasteiger partial charge in [-0.2, -0.15) is 11.8 Å². The number of aromatic amines is 1. The molecule has 1 rings (SSSR count). The van der Waals surface area contributed by atoms with Crippen molar-refractivity contribution in [2.45, 2.75) is 70.1 Å². The largest absolute Gasteiger partial charge is 0.481 e. The van der Waals surface area contributed by atoms with E-state index < -0.39 is 60.2 Å². The Bertz CT molecular complexity index is 880. The molecule has 0 saturated carbocycles. The molecule has 0 radical (unpaired) electrons. The van der Waals surface area contributed by atoms with Crippen LogP contribution in [0.3, 0.4) is 0 Å². The third kappa shape index (κ3) is 11.5. The molecule has 0 aliphatic carbocycles. The van der Waals surface area contributed by atoms with E-state index in [2.05, 4.69) is 25.9 Å². The number of aromatic nitrogens is 2. The number of carbonyl (C=O) groups is 5. The van der Waals surface area contributed by atoms with Crippen molar-refractivity contribution in [2.24, 2.45) is 11.7 Å². The molecule has 8 N–H and O–H groups in total. The summed E-state index contributed by atoms with van der Waals surface area (Å²) in [4.78, 5) is 67.8. The monoisotopic (exact) mass is 528 g/mol. The van der Waals surface area contributed by atoms with Gasteiger partial charge in [-0.05, 0) is 37.2 Å². The lowest BCUT2D eigenvalue weighted by atomic mass is 10.0. The number of hydrogen-bond donors (Lipinski definition) is 7. The molecular formula is C22H36N6O7S. The lowest BCUT2D eigenvalue weighted by Crippen LogP contribution is -2.57. The summed E-state index contributed by atoms with van der Waals surface area (Å²) < 4.78 is 0. The van der Waals surface area contributed by atoms with Crippen LogP contribution in [0.4, 0.5) is 0 Å². The fraction of sp³-hybridized carbons (Fsp3) is 0.636. The van der Waals surface area contributed by atoms with Gasteiger partial charge >= 0.3 is 11.9 Å².